The van der Waals surface area contributed by atoms with Crippen LogP contribution in [0.4, 0.5) is 0 Å². The largest absolute Gasteiger partial charge is 0.508 e. The van der Waals surface area contributed by atoms with Gasteiger partial charge >= 0.3 is 0 Å². The molecule has 0 aliphatic carbocycles. The standard InChI is InChI=1S/C24H31N3O4/c1-3-12-31-17-7-4-6-16(14-17)23-20-21(18-13-15(2)8-9-19(18)29)25-26-22(20)24(30)27(23)10-5-11-28/h4,6-9,13-14,20-23,25-26,28-29H,3,5,10-12H2,1-2H3. The van der Waals surface area contributed by atoms with Crippen LogP contribution in [0.1, 0.15) is 48.5 Å². The highest BCUT2D eigenvalue weighted by Gasteiger charge is 2.55. The van der Waals surface area contributed by atoms with Gasteiger partial charge in [-0.3, -0.25) is 4.79 Å². The first-order chi connectivity index (χ1) is 15.0. The Morgan fingerprint density at radius 1 is 1.13 bits per heavy atom. The fourth-order valence-corrected chi connectivity index (χ4v) is 4.79. The number of hydrogen-bond donors (Lipinski definition) is 4. The van der Waals surface area contributed by atoms with Crippen molar-refractivity contribution < 1.29 is 19.7 Å². The fourth-order valence-electron chi connectivity index (χ4n) is 4.79. The molecule has 0 bridgehead atoms. The molecular formula is C24H31N3O4. The SMILES string of the molecule is CCCOc1cccc(C2C3C(NNC3c3cc(C)ccc3O)C(=O)N2CCCO)c1. The number of nitrogens with zero attached hydrogens (tertiary/aromatic N) is 1. The van der Waals surface area contributed by atoms with E-state index in [-0.39, 0.29) is 36.3 Å². The van der Waals surface area contributed by atoms with Gasteiger partial charge in [-0.1, -0.05) is 36.8 Å². The summed E-state index contributed by atoms with van der Waals surface area (Å²) in [5.41, 5.74) is 9.25. The molecule has 7 heteroatoms. The highest BCUT2D eigenvalue weighted by atomic mass is 16.5. The van der Waals surface area contributed by atoms with Gasteiger partial charge < -0.3 is 19.8 Å². The zero-order chi connectivity index (χ0) is 22.0. The molecular weight excluding hydrogens is 394 g/mol. The lowest BCUT2D eigenvalue weighted by molar-refractivity contribution is -0.130. The molecule has 2 aromatic rings. The van der Waals surface area contributed by atoms with Crippen LogP contribution in [0.5, 0.6) is 11.5 Å². The third kappa shape index (κ3) is 4.13. The highest BCUT2D eigenvalue weighted by molar-refractivity contribution is 5.86. The normalized spacial score (nSPS) is 25.1. The number of hydrazine groups is 1. The molecule has 166 valence electrons. The molecule has 0 aromatic heterocycles. The number of phenols is 1. The molecule has 0 radical (unpaired) electrons. The van der Waals surface area contributed by atoms with E-state index in [1.54, 1.807) is 6.07 Å². The second kappa shape index (κ2) is 9.26. The number of likely N-dealkylation sites (tertiary alicyclic amines) is 1. The van der Waals surface area contributed by atoms with Crippen molar-refractivity contribution in [1.82, 2.24) is 15.8 Å². The van der Waals surface area contributed by atoms with Crippen molar-refractivity contribution in [2.45, 2.75) is 44.8 Å². The Morgan fingerprint density at radius 3 is 2.71 bits per heavy atom. The van der Waals surface area contributed by atoms with Crippen molar-refractivity contribution in [1.29, 1.82) is 0 Å². The van der Waals surface area contributed by atoms with Crippen molar-refractivity contribution in [3.8, 4) is 11.5 Å². The summed E-state index contributed by atoms with van der Waals surface area (Å²) in [7, 11) is 0. The molecule has 4 rings (SSSR count). The van der Waals surface area contributed by atoms with Crippen LogP contribution in [0, 0.1) is 12.8 Å². The van der Waals surface area contributed by atoms with Gasteiger partial charge in [0.25, 0.3) is 0 Å². The number of aliphatic hydroxyl groups excluding tert-OH is 1. The summed E-state index contributed by atoms with van der Waals surface area (Å²) >= 11 is 0. The zero-order valence-corrected chi connectivity index (χ0v) is 18.0. The Morgan fingerprint density at radius 2 is 1.94 bits per heavy atom. The first kappa shape index (κ1) is 21.6. The minimum atomic E-state index is -0.408. The van der Waals surface area contributed by atoms with Crippen molar-refractivity contribution in [3.63, 3.8) is 0 Å². The lowest BCUT2D eigenvalue weighted by atomic mass is 9.82. The van der Waals surface area contributed by atoms with E-state index in [4.69, 9.17) is 4.74 Å². The van der Waals surface area contributed by atoms with Gasteiger partial charge in [-0.2, -0.15) is 0 Å². The average molecular weight is 426 g/mol. The molecule has 2 aromatic carbocycles. The average Bonchev–Trinajstić information content (AvgIpc) is 3.31. The van der Waals surface area contributed by atoms with Gasteiger partial charge in [-0.25, -0.2) is 10.9 Å². The highest BCUT2D eigenvalue weighted by Crippen LogP contribution is 2.49. The van der Waals surface area contributed by atoms with Crippen molar-refractivity contribution in [2.75, 3.05) is 19.8 Å². The van der Waals surface area contributed by atoms with Gasteiger partial charge in [-0.15, -0.1) is 0 Å². The lowest BCUT2D eigenvalue weighted by Gasteiger charge is -2.31. The predicted molar refractivity (Wildman–Crippen MR) is 118 cm³/mol. The zero-order valence-electron chi connectivity index (χ0n) is 18.0. The van der Waals surface area contributed by atoms with E-state index in [2.05, 4.69) is 17.8 Å². The van der Waals surface area contributed by atoms with E-state index >= 15 is 0 Å². The van der Waals surface area contributed by atoms with Crippen LogP contribution in [0.25, 0.3) is 0 Å². The minimum Gasteiger partial charge on any atom is -0.508 e. The maximum absolute atomic E-state index is 13.3. The van der Waals surface area contributed by atoms with Crippen molar-refractivity contribution in [3.05, 3.63) is 59.2 Å². The molecule has 2 aliphatic rings. The Hall–Kier alpha value is -2.61. The third-order valence-electron chi connectivity index (χ3n) is 6.16. The lowest BCUT2D eigenvalue weighted by Crippen LogP contribution is -2.41. The number of fused-ring (bicyclic) bond motifs is 1. The van der Waals surface area contributed by atoms with Crippen molar-refractivity contribution in [2.24, 2.45) is 5.92 Å². The number of carbonyl (C=O) groups is 1. The van der Waals surface area contributed by atoms with E-state index in [9.17, 15) is 15.0 Å². The topological polar surface area (TPSA) is 94.1 Å². The summed E-state index contributed by atoms with van der Waals surface area (Å²) < 4.78 is 5.84. The molecule has 0 spiro atoms. The molecule has 2 fully saturated rings. The molecule has 7 nitrogen and oxygen atoms in total. The van der Waals surface area contributed by atoms with Gasteiger partial charge in [0.15, 0.2) is 0 Å². The van der Waals surface area contributed by atoms with Crippen LogP contribution in [0.15, 0.2) is 42.5 Å². The Labute approximate surface area is 183 Å². The van der Waals surface area contributed by atoms with Crippen LogP contribution >= 0.6 is 0 Å². The number of ether oxygens (including phenoxy) is 1. The number of aliphatic hydroxyl groups is 1. The smallest absolute Gasteiger partial charge is 0.242 e. The van der Waals surface area contributed by atoms with Crippen molar-refractivity contribution >= 4 is 5.91 Å². The molecule has 0 saturated carbocycles. The molecule has 4 unspecified atom stereocenters. The Balaban J connectivity index is 1.74. The second-order valence-corrected chi connectivity index (χ2v) is 8.36. The van der Waals surface area contributed by atoms with E-state index in [0.29, 0.717) is 19.6 Å². The molecule has 2 saturated heterocycles. The van der Waals surface area contributed by atoms with E-state index in [1.165, 1.54) is 0 Å². The number of nitrogens with one attached hydrogen (secondary N) is 2. The number of aromatic hydroxyl groups is 1. The van der Waals surface area contributed by atoms with Gasteiger partial charge in [-0.05, 0) is 43.5 Å². The molecule has 2 aliphatic heterocycles. The summed E-state index contributed by atoms with van der Waals surface area (Å²) in [6, 6.07) is 12.6. The third-order valence-corrected chi connectivity index (χ3v) is 6.16. The predicted octanol–water partition coefficient (Wildman–Crippen LogP) is 2.59. The van der Waals surface area contributed by atoms with Crippen LogP contribution in [0.2, 0.25) is 0 Å². The quantitative estimate of drug-likeness (QED) is 0.520. The van der Waals surface area contributed by atoms with Crippen LogP contribution in [-0.2, 0) is 4.79 Å². The number of carbonyl (C=O) groups excluding carboxylic acids is 1. The maximum Gasteiger partial charge on any atom is 0.242 e. The molecule has 1 amide bonds. The number of rotatable bonds is 8. The van der Waals surface area contributed by atoms with Gasteiger partial charge in [0.05, 0.1) is 18.7 Å². The van der Waals surface area contributed by atoms with Crippen LogP contribution < -0.4 is 15.6 Å². The Kier molecular flexibility index (Phi) is 6.46. The number of phenolic OH excluding ortho intramolecular Hbond substituents is 1. The number of amides is 1. The first-order valence-corrected chi connectivity index (χ1v) is 11.0. The number of hydrogen-bond acceptors (Lipinski definition) is 6. The molecule has 2 heterocycles. The van der Waals surface area contributed by atoms with Crippen LogP contribution in [-0.4, -0.2) is 46.8 Å². The summed E-state index contributed by atoms with van der Waals surface area (Å²) in [5, 5.41) is 20.0. The second-order valence-electron chi connectivity index (χ2n) is 8.36. The van der Waals surface area contributed by atoms with Crippen LogP contribution in [0.3, 0.4) is 0 Å². The molecule has 4 atom stereocenters. The van der Waals surface area contributed by atoms with E-state index in [1.807, 2.05) is 48.2 Å². The van der Waals surface area contributed by atoms with Gasteiger partial charge in [0.2, 0.25) is 5.91 Å². The van der Waals surface area contributed by atoms with E-state index < -0.39 is 6.04 Å². The van der Waals surface area contributed by atoms with Gasteiger partial charge in [0.1, 0.15) is 17.5 Å². The Bertz CT molecular complexity index is 935. The van der Waals surface area contributed by atoms with E-state index in [0.717, 1.165) is 28.9 Å². The summed E-state index contributed by atoms with van der Waals surface area (Å²) in [6.45, 7) is 5.19. The summed E-state index contributed by atoms with van der Waals surface area (Å²) in [6.07, 6.45) is 1.43. The monoisotopic (exact) mass is 425 g/mol. The molecule has 4 N–H and O–H groups in total. The summed E-state index contributed by atoms with van der Waals surface area (Å²) in [5.74, 6) is 0.877. The number of benzene rings is 2. The number of aryl methyl sites for hydroxylation is 1. The molecule has 31 heavy (non-hydrogen) atoms. The minimum absolute atomic E-state index is 0.00507. The maximum atomic E-state index is 13.3. The first-order valence-electron chi connectivity index (χ1n) is 11.0. The summed E-state index contributed by atoms with van der Waals surface area (Å²) in [4.78, 5) is 15.2. The fraction of sp³-hybridized carbons (Fsp3) is 0.458. The van der Waals surface area contributed by atoms with Gasteiger partial charge in [0, 0.05) is 24.6 Å².